The smallest absolute Gasteiger partial charge is 0.225 e. The summed E-state index contributed by atoms with van der Waals surface area (Å²) in [4.78, 5) is 12.9. The summed E-state index contributed by atoms with van der Waals surface area (Å²) in [5.41, 5.74) is 2.37. The number of primary sulfonamides is 1. The Morgan fingerprint density at radius 2 is 1.60 bits per heavy atom. The van der Waals surface area contributed by atoms with E-state index in [-0.39, 0.29) is 11.3 Å². The van der Waals surface area contributed by atoms with Gasteiger partial charge in [0.1, 0.15) is 0 Å². The number of hydrogen-bond donors (Lipinski definition) is 2. The van der Waals surface area contributed by atoms with Gasteiger partial charge in [-0.05, 0) is 12.5 Å². The van der Waals surface area contributed by atoms with Crippen LogP contribution in [-0.4, -0.2) is 24.4 Å². The predicted octanol–water partition coefficient (Wildman–Crippen LogP) is 2.60. The number of H-pyrrole nitrogens is 1. The van der Waals surface area contributed by atoms with Gasteiger partial charge in [0.25, 0.3) is 0 Å². The molecule has 0 saturated carbocycles. The average Bonchev–Trinajstić information content (AvgIpc) is 2.96. The number of sulfonamides is 1. The van der Waals surface area contributed by atoms with E-state index in [0.717, 1.165) is 5.56 Å². The first-order valence-corrected chi connectivity index (χ1v) is 9.21. The Morgan fingerprint density at radius 3 is 2.16 bits per heavy atom. The molecule has 0 amide bonds. The lowest BCUT2D eigenvalue weighted by molar-refractivity contribution is 0.0985. The van der Waals surface area contributed by atoms with Crippen molar-refractivity contribution in [1.29, 1.82) is 0 Å². The monoisotopic (exact) mass is 355 g/mol. The first-order valence-electron chi connectivity index (χ1n) is 7.60. The van der Waals surface area contributed by atoms with Gasteiger partial charge in [0, 0.05) is 16.8 Å². The van der Waals surface area contributed by atoms with Gasteiger partial charge in [-0.15, -0.1) is 0 Å². The van der Waals surface area contributed by atoms with Crippen molar-refractivity contribution in [3.63, 3.8) is 0 Å². The molecule has 0 aliphatic heterocycles. The van der Waals surface area contributed by atoms with E-state index in [1.54, 1.807) is 37.3 Å². The zero-order chi connectivity index (χ0) is 18.0. The van der Waals surface area contributed by atoms with E-state index in [0.29, 0.717) is 11.3 Å². The molecule has 6 nitrogen and oxygen atoms in total. The maximum absolute atomic E-state index is 12.9. The van der Waals surface area contributed by atoms with Crippen LogP contribution in [0, 0.1) is 6.92 Å². The van der Waals surface area contributed by atoms with Crippen molar-refractivity contribution >= 4 is 15.8 Å². The molecular formula is C18H17N3O3S. The van der Waals surface area contributed by atoms with Crippen molar-refractivity contribution < 1.29 is 13.2 Å². The van der Waals surface area contributed by atoms with Crippen LogP contribution in [0.4, 0.5) is 0 Å². The maximum Gasteiger partial charge on any atom is 0.225 e. The number of nitrogens with two attached hydrogens (primary N) is 1. The number of Topliss-reactive ketones (excluding diaryl/α,β-unsaturated/α-hetero) is 1. The number of aryl methyl sites for hydroxylation is 1. The Bertz CT molecular complexity index is 997. The Hall–Kier alpha value is -2.77. The number of carbonyl (C=O) groups is 1. The zero-order valence-corrected chi connectivity index (χ0v) is 14.3. The molecule has 3 aromatic rings. The summed E-state index contributed by atoms with van der Waals surface area (Å²) >= 11 is 0. The number of aromatic nitrogens is 2. The molecule has 1 heterocycles. The molecule has 3 rings (SSSR count). The third-order valence-corrected chi connectivity index (χ3v) is 5.01. The van der Waals surface area contributed by atoms with E-state index in [9.17, 15) is 13.2 Å². The van der Waals surface area contributed by atoms with Gasteiger partial charge < -0.3 is 0 Å². The van der Waals surface area contributed by atoms with Crippen molar-refractivity contribution in [2.24, 2.45) is 5.14 Å². The molecule has 3 N–H and O–H groups in total. The van der Waals surface area contributed by atoms with Gasteiger partial charge in [0.2, 0.25) is 10.0 Å². The van der Waals surface area contributed by atoms with E-state index in [1.807, 2.05) is 30.3 Å². The fourth-order valence-electron chi connectivity index (χ4n) is 2.79. The molecule has 7 heteroatoms. The van der Waals surface area contributed by atoms with Gasteiger partial charge in [-0.1, -0.05) is 60.7 Å². The van der Waals surface area contributed by atoms with Crippen LogP contribution in [0.1, 0.15) is 27.0 Å². The van der Waals surface area contributed by atoms with Crippen molar-refractivity contribution in [3.8, 4) is 11.1 Å². The standard InChI is InChI=1S/C18H17N3O3S/c1-12-15(13-8-4-2-5-9-13)16(21-20-12)18(25(19,23)24)17(22)14-10-6-3-7-11-14/h2-11,18H,1H3,(H,20,21)(H2,19,23,24). The minimum absolute atomic E-state index is 0.111. The Morgan fingerprint density at radius 1 is 1.04 bits per heavy atom. The molecule has 1 aromatic heterocycles. The largest absolute Gasteiger partial charge is 0.292 e. The molecule has 0 spiro atoms. The molecule has 0 bridgehead atoms. The highest BCUT2D eigenvalue weighted by Crippen LogP contribution is 2.34. The normalized spacial score (nSPS) is 12.7. The molecule has 0 aliphatic rings. The first kappa shape index (κ1) is 17.1. The van der Waals surface area contributed by atoms with Gasteiger partial charge in [-0.2, -0.15) is 5.10 Å². The Balaban J connectivity index is 2.19. The summed E-state index contributed by atoms with van der Waals surface area (Å²) in [6, 6.07) is 17.4. The van der Waals surface area contributed by atoms with Crippen LogP contribution in [0.15, 0.2) is 60.7 Å². The molecule has 1 atom stereocenters. The lowest BCUT2D eigenvalue weighted by Crippen LogP contribution is -2.29. The second-order valence-electron chi connectivity index (χ2n) is 5.67. The summed E-state index contributed by atoms with van der Waals surface area (Å²) in [5, 5.41) is 10.7. The molecule has 0 radical (unpaired) electrons. The van der Waals surface area contributed by atoms with E-state index in [2.05, 4.69) is 10.2 Å². The number of rotatable bonds is 5. The molecule has 0 fully saturated rings. The zero-order valence-electron chi connectivity index (χ0n) is 13.5. The van der Waals surface area contributed by atoms with Crippen LogP contribution in [0.3, 0.4) is 0 Å². The van der Waals surface area contributed by atoms with Gasteiger partial charge in [0.05, 0.1) is 5.69 Å². The van der Waals surface area contributed by atoms with Crippen LogP contribution in [0.5, 0.6) is 0 Å². The molecule has 25 heavy (non-hydrogen) atoms. The predicted molar refractivity (Wildman–Crippen MR) is 95.4 cm³/mol. The van der Waals surface area contributed by atoms with E-state index in [4.69, 9.17) is 5.14 Å². The third kappa shape index (κ3) is 3.38. The van der Waals surface area contributed by atoms with Crippen molar-refractivity contribution in [2.45, 2.75) is 12.2 Å². The molecule has 0 aliphatic carbocycles. The minimum atomic E-state index is -4.21. The van der Waals surface area contributed by atoms with Crippen LogP contribution in [-0.2, 0) is 10.0 Å². The second kappa shape index (κ2) is 6.62. The average molecular weight is 355 g/mol. The highest BCUT2D eigenvalue weighted by atomic mass is 32.2. The summed E-state index contributed by atoms with van der Waals surface area (Å²) in [6.07, 6.45) is 0. The van der Waals surface area contributed by atoms with Crippen molar-refractivity contribution in [1.82, 2.24) is 10.2 Å². The van der Waals surface area contributed by atoms with Crippen LogP contribution in [0.2, 0.25) is 0 Å². The number of aromatic amines is 1. The van der Waals surface area contributed by atoms with Crippen LogP contribution < -0.4 is 5.14 Å². The number of nitrogens with one attached hydrogen (secondary N) is 1. The number of ketones is 1. The van der Waals surface area contributed by atoms with Crippen molar-refractivity contribution in [2.75, 3.05) is 0 Å². The third-order valence-electron chi connectivity index (χ3n) is 3.91. The van der Waals surface area contributed by atoms with E-state index in [1.165, 1.54) is 0 Å². The minimum Gasteiger partial charge on any atom is -0.292 e. The van der Waals surface area contributed by atoms with E-state index < -0.39 is 21.1 Å². The highest BCUT2D eigenvalue weighted by molar-refractivity contribution is 7.90. The molecule has 1 unspecified atom stereocenters. The summed E-state index contributed by atoms with van der Waals surface area (Å²) < 4.78 is 24.5. The Kier molecular flexibility index (Phi) is 4.52. The number of hydrogen-bond acceptors (Lipinski definition) is 4. The van der Waals surface area contributed by atoms with Gasteiger partial charge in [-0.25, -0.2) is 13.6 Å². The topological polar surface area (TPSA) is 106 Å². The lowest BCUT2D eigenvalue weighted by atomic mass is 9.98. The summed E-state index contributed by atoms with van der Waals surface area (Å²) in [5.74, 6) is -0.605. The van der Waals surface area contributed by atoms with Crippen LogP contribution >= 0.6 is 0 Å². The fraction of sp³-hybridized carbons (Fsp3) is 0.111. The highest BCUT2D eigenvalue weighted by Gasteiger charge is 2.37. The first-order chi connectivity index (χ1) is 11.9. The van der Waals surface area contributed by atoms with E-state index >= 15 is 0 Å². The molecular weight excluding hydrogens is 338 g/mol. The maximum atomic E-state index is 12.9. The lowest BCUT2D eigenvalue weighted by Gasteiger charge is -2.14. The van der Waals surface area contributed by atoms with Crippen LogP contribution in [0.25, 0.3) is 11.1 Å². The fourth-order valence-corrected chi connectivity index (χ4v) is 3.71. The van der Waals surface area contributed by atoms with Gasteiger partial charge in [-0.3, -0.25) is 9.89 Å². The van der Waals surface area contributed by atoms with Gasteiger partial charge >= 0.3 is 0 Å². The molecule has 0 saturated heterocycles. The number of benzene rings is 2. The summed E-state index contributed by atoms with van der Waals surface area (Å²) in [6.45, 7) is 1.77. The quantitative estimate of drug-likeness (QED) is 0.686. The Labute approximate surface area is 145 Å². The number of nitrogens with zero attached hydrogens (tertiary/aromatic N) is 1. The van der Waals surface area contributed by atoms with Crippen molar-refractivity contribution in [3.05, 3.63) is 77.6 Å². The van der Waals surface area contributed by atoms with Gasteiger partial charge in [0.15, 0.2) is 11.0 Å². The second-order valence-corrected chi connectivity index (χ2v) is 7.32. The molecule has 2 aromatic carbocycles. The molecule has 128 valence electrons. The summed E-state index contributed by atoms with van der Waals surface area (Å²) in [7, 11) is -4.21. The SMILES string of the molecule is Cc1[nH]nc(C(C(=O)c2ccccc2)S(N)(=O)=O)c1-c1ccccc1. The number of carbonyl (C=O) groups excluding carboxylic acids is 1.